The van der Waals surface area contributed by atoms with Crippen molar-refractivity contribution in [2.45, 2.75) is 45.1 Å². The molecule has 1 aliphatic carbocycles. The zero-order chi connectivity index (χ0) is 12.1. The van der Waals surface area contributed by atoms with Crippen LogP contribution >= 0.6 is 0 Å². The summed E-state index contributed by atoms with van der Waals surface area (Å²) in [6.45, 7) is 2.49. The van der Waals surface area contributed by atoms with Crippen LogP contribution in [0.1, 0.15) is 38.2 Å². The molecule has 17 heavy (non-hydrogen) atoms. The summed E-state index contributed by atoms with van der Waals surface area (Å²) in [6, 6.07) is 8.12. The Morgan fingerprint density at radius 3 is 2.53 bits per heavy atom. The van der Waals surface area contributed by atoms with E-state index in [1.165, 1.54) is 25.7 Å². The first-order valence-corrected chi connectivity index (χ1v) is 6.66. The molecule has 0 bridgehead atoms. The Kier molecular flexibility index (Phi) is 4.43. The Labute approximate surface area is 104 Å². The third-order valence-electron chi connectivity index (χ3n) is 3.64. The number of aliphatic hydroxyl groups excluding tert-OH is 1. The van der Waals surface area contributed by atoms with Crippen molar-refractivity contribution in [1.82, 2.24) is 0 Å². The second kappa shape index (κ2) is 6.06. The molecule has 0 radical (unpaired) electrons. The van der Waals surface area contributed by atoms with E-state index in [1.807, 2.05) is 24.3 Å². The monoisotopic (exact) mass is 234 g/mol. The molecule has 1 aromatic rings. The lowest BCUT2D eigenvalue weighted by Crippen LogP contribution is -2.28. The summed E-state index contributed by atoms with van der Waals surface area (Å²) in [5, 5.41) is 8.85. The number of hydrogen-bond acceptors (Lipinski definition) is 2. The van der Waals surface area contributed by atoms with Crippen molar-refractivity contribution in [3.05, 3.63) is 29.8 Å². The van der Waals surface area contributed by atoms with Crippen molar-refractivity contribution in [2.24, 2.45) is 5.92 Å². The summed E-state index contributed by atoms with van der Waals surface area (Å²) >= 11 is 0. The minimum Gasteiger partial charge on any atom is -0.490 e. The van der Waals surface area contributed by atoms with Gasteiger partial charge in [-0.2, -0.15) is 0 Å². The molecule has 2 unspecified atom stereocenters. The predicted molar refractivity (Wildman–Crippen MR) is 69.3 cm³/mol. The van der Waals surface area contributed by atoms with E-state index in [0.29, 0.717) is 12.0 Å². The molecule has 2 rings (SSSR count). The fourth-order valence-electron chi connectivity index (χ4n) is 2.50. The fraction of sp³-hybridized carbons (Fsp3) is 0.600. The minimum absolute atomic E-state index is 0.208. The van der Waals surface area contributed by atoms with E-state index >= 15 is 0 Å². The number of benzene rings is 1. The second-order valence-corrected chi connectivity index (χ2v) is 5.04. The van der Waals surface area contributed by atoms with Crippen LogP contribution in [0.3, 0.4) is 0 Å². The van der Waals surface area contributed by atoms with Crippen molar-refractivity contribution in [1.29, 1.82) is 0 Å². The van der Waals surface area contributed by atoms with E-state index in [0.717, 1.165) is 17.7 Å². The molecular weight excluding hydrogens is 212 g/mol. The van der Waals surface area contributed by atoms with Crippen molar-refractivity contribution in [3.8, 4) is 5.75 Å². The largest absolute Gasteiger partial charge is 0.490 e. The zero-order valence-electron chi connectivity index (χ0n) is 10.6. The lowest BCUT2D eigenvalue weighted by Gasteiger charge is -2.29. The van der Waals surface area contributed by atoms with Gasteiger partial charge < -0.3 is 9.84 Å². The number of hydrogen-bond donors (Lipinski definition) is 1. The highest BCUT2D eigenvalue weighted by Gasteiger charge is 2.22. The molecule has 1 aromatic carbocycles. The molecule has 1 fully saturated rings. The van der Waals surface area contributed by atoms with Gasteiger partial charge >= 0.3 is 0 Å². The van der Waals surface area contributed by atoms with Gasteiger partial charge in [-0.25, -0.2) is 0 Å². The van der Waals surface area contributed by atoms with Gasteiger partial charge in [0, 0.05) is 6.61 Å². The van der Waals surface area contributed by atoms with E-state index < -0.39 is 0 Å². The Bertz CT molecular complexity index is 331. The Hall–Kier alpha value is -1.02. The predicted octanol–water partition coefficient (Wildman–Crippen LogP) is 3.18. The van der Waals surface area contributed by atoms with E-state index in [2.05, 4.69) is 6.92 Å². The standard InChI is InChI=1S/C15H22O2/c1-12-4-2-3-5-15(12)17-14-8-6-13(7-9-14)10-11-16/h6-9,12,15-16H,2-5,10-11H2,1H3. The van der Waals surface area contributed by atoms with Crippen LogP contribution in [-0.4, -0.2) is 17.8 Å². The van der Waals surface area contributed by atoms with Crippen LogP contribution in [0.4, 0.5) is 0 Å². The summed E-state index contributed by atoms with van der Waals surface area (Å²) in [7, 11) is 0. The molecule has 2 atom stereocenters. The van der Waals surface area contributed by atoms with Crippen molar-refractivity contribution < 1.29 is 9.84 Å². The SMILES string of the molecule is CC1CCCCC1Oc1ccc(CCO)cc1. The smallest absolute Gasteiger partial charge is 0.119 e. The minimum atomic E-state index is 0.208. The summed E-state index contributed by atoms with van der Waals surface area (Å²) in [6.07, 6.45) is 6.20. The number of rotatable bonds is 4. The summed E-state index contributed by atoms with van der Waals surface area (Å²) < 4.78 is 6.04. The molecule has 0 saturated heterocycles. The fourth-order valence-corrected chi connectivity index (χ4v) is 2.50. The average molecular weight is 234 g/mol. The molecule has 2 nitrogen and oxygen atoms in total. The highest BCUT2D eigenvalue weighted by molar-refractivity contribution is 5.27. The van der Waals surface area contributed by atoms with Gasteiger partial charge in [0.2, 0.25) is 0 Å². The summed E-state index contributed by atoms with van der Waals surface area (Å²) in [5.41, 5.74) is 1.16. The van der Waals surface area contributed by atoms with E-state index in [-0.39, 0.29) is 6.61 Å². The first-order valence-electron chi connectivity index (χ1n) is 6.66. The van der Waals surface area contributed by atoms with Gasteiger partial charge in [-0.05, 0) is 49.3 Å². The van der Waals surface area contributed by atoms with Gasteiger partial charge in [0.25, 0.3) is 0 Å². The van der Waals surface area contributed by atoms with E-state index in [9.17, 15) is 0 Å². The quantitative estimate of drug-likeness (QED) is 0.867. The van der Waals surface area contributed by atoms with E-state index in [1.54, 1.807) is 0 Å². The van der Waals surface area contributed by atoms with Crippen molar-refractivity contribution >= 4 is 0 Å². The number of aliphatic hydroxyl groups is 1. The topological polar surface area (TPSA) is 29.5 Å². The van der Waals surface area contributed by atoms with Crippen LogP contribution < -0.4 is 4.74 Å². The molecule has 1 aliphatic rings. The molecule has 1 N–H and O–H groups in total. The maximum absolute atomic E-state index is 8.85. The first kappa shape index (κ1) is 12.4. The third kappa shape index (κ3) is 3.47. The molecule has 1 saturated carbocycles. The number of ether oxygens (including phenoxy) is 1. The molecular formula is C15H22O2. The van der Waals surface area contributed by atoms with Crippen LogP contribution in [0, 0.1) is 5.92 Å². The van der Waals surface area contributed by atoms with Gasteiger partial charge in [-0.15, -0.1) is 0 Å². The van der Waals surface area contributed by atoms with Crippen LogP contribution in [0.2, 0.25) is 0 Å². The van der Waals surface area contributed by atoms with Gasteiger partial charge in [-0.3, -0.25) is 0 Å². The zero-order valence-corrected chi connectivity index (χ0v) is 10.6. The van der Waals surface area contributed by atoms with Gasteiger partial charge in [0.05, 0.1) is 0 Å². The molecule has 2 heteroatoms. The van der Waals surface area contributed by atoms with Crippen molar-refractivity contribution in [2.75, 3.05) is 6.61 Å². The molecule has 0 spiro atoms. The Morgan fingerprint density at radius 1 is 1.18 bits per heavy atom. The summed E-state index contributed by atoms with van der Waals surface area (Å²) in [5.74, 6) is 1.63. The maximum Gasteiger partial charge on any atom is 0.119 e. The normalized spacial score (nSPS) is 24.6. The molecule has 0 heterocycles. The first-order chi connectivity index (χ1) is 8.29. The maximum atomic E-state index is 8.85. The van der Waals surface area contributed by atoms with Crippen molar-refractivity contribution in [3.63, 3.8) is 0 Å². The molecule has 0 aliphatic heterocycles. The van der Waals surface area contributed by atoms with Gasteiger partial charge in [0.15, 0.2) is 0 Å². The highest BCUT2D eigenvalue weighted by Crippen LogP contribution is 2.28. The molecule has 94 valence electrons. The average Bonchev–Trinajstić information content (AvgIpc) is 2.35. The lowest BCUT2D eigenvalue weighted by molar-refractivity contribution is 0.102. The Morgan fingerprint density at radius 2 is 1.88 bits per heavy atom. The van der Waals surface area contributed by atoms with Gasteiger partial charge in [0.1, 0.15) is 11.9 Å². The van der Waals surface area contributed by atoms with Crippen LogP contribution in [-0.2, 0) is 6.42 Å². The van der Waals surface area contributed by atoms with Crippen LogP contribution in [0.15, 0.2) is 24.3 Å². The molecule has 0 aromatic heterocycles. The highest BCUT2D eigenvalue weighted by atomic mass is 16.5. The van der Waals surface area contributed by atoms with Gasteiger partial charge in [-0.1, -0.05) is 25.5 Å². The second-order valence-electron chi connectivity index (χ2n) is 5.04. The van der Waals surface area contributed by atoms with Crippen LogP contribution in [0.5, 0.6) is 5.75 Å². The summed E-state index contributed by atoms with van der Waals surface area (Å²) in [4.78, 5) is 0. The molecule has 0 amide bonds. The van der Waals surface area contributed by atoms with E-state index in [4.69, 9.17) is 9.84 Å². The van der Waals surface area contributed by atoms with Crippen LogP contribution in [0.25, 0.3) is 0 Å². The third-order valence-corrected chi connectivity index (χ3v) is 3.64. The lowest BCUT2D eigenvalue weighted by atomic mass is 9.88. The Balaban J connectivity index is 1.93.